The minimum atomic E-state index is -1.00. The summed E-state index contributed by atoms with van der Waals surface area (Å²) in [5.41, 5.74) is 3.31. The van der Waals surface area contributed by atoms with E-state index in [-0.39, 0.29) is 74.6 Å². The molecule has 0 fully saturated rings. The van der Waals surface area contributed by atoms with Gasteiger partial charge in [-0.3, -0.25) is 24.0 Å². The molecule has 1 aliphatic rings. The van der Waals surface area contributed by atoms with Crippen molar-refractivity contribution in [3.05, 3.63) is 33.9 Å². The Kier molecular flexibility index (Phi) is 42.7. The summed E-state index contributed by atoms with van der Waals surface area (Å²) >= 11 is 0. The minimum Gasteiger partial charge on any atom is -0.496 e. The average Bonchev–Trinajstić information content (AvgIpc) is 2.40. The number of carbonyl (C=O) groups is 6. The van der Waals surface area contributed by atoms with Crippen molar-refractivity contribution in [2.45, 2.75) is 318 Å². The van der Waals surface area contributed by atoms with Gasteiger partial charge in [0.2, 0.25) is 6.29 Å². The summed E-state index contributed by atoms with van der Waals surface area (Å²) in [5, 5.41) is 0. The van der Waals surface area contributed by atoms with Crippen LogP contribution in [0.1, 0.15) is 313 Å². The second-order valence-electron chi connectivity index (χ2n) is 24.0. The van der Waals surface area contributed by atoms with Gasteiger partial charge in [0.15, 0.2) is 6.10 Å². The van der Waals surface area contributed by atoms with E-state index in [2.05, 4.69) is 13.8 Å². The zero-order valence-corrected chi connectivity index (χ0v) is 53.8. The molecule has 14 nitrogen and oxygen atoms in total. The molecule has 2 rings (SSSR count). The molecule has 0 saturated heterocycles. The predicted molar refractivity (Wildman–Crippen MR) is 329 cm³/mol. The van der Waals surface area contributed by atoms with E-state index in [1.165, 1.54) is 136 Å². The van der Waals surface area contributed by atoms with Gasteiger partial charge in [0.25, 0.3) is 0 Å². The molecule has 0 N–H and O–H groups in total. The summed E-state index contributed by atoms with van der Waals surface area (Å²) in [6, 6.07) is 0. The van der Waals surface area contributed by atoms with Gasteiger partial charge in [-0.1, -0.05) is 232 Å². The van der Waals surface area contributed by atoms with Crippen molar-refractivity contribution >= 4 is 35.8 Å². The highest BCUT2D eigenvalue weighted by Gasteiger charge is 2.34. The molecule has 0 aliphatic carbocycles. The summed E-state index contributed by atoms with van der Waals surface area (Å²) < 4.78 is 45.0. The highest BCUT2D eigenvalue weighted by atomic mass is 16.7. The largest absolute Gasteiger partial charge is 0.496 e. The van der Waals surface area contributed by atoms with Crippen LogP contribution in [0.4, 0.5) is 0 Å². The number of unbranched alkanes of at least 4 members (excludes halogenated alkanes) is 27. The van der Waals surface area contributed by atoms with E-state index in [0.29, 0.717) is 48.1 Å². The van der Waals surface area contributed by atoms with E-state index >= 15 is 0 Å². The molecule has 0 saturated carbocycles. The van der Waals surface area contributed by atoms with Crippen molar-refractivity contribution in [1.82, 2.24) is 0 Å². The maximum absolute atomic E-state index is 13.2. The molecule has 83 heavy (non-hydrogen) atoms. The SMILES string of the molecule is CCCCCCCCCCCCCCCC(=O)OCC(COC(=O)CCCCCCCCCCCCCCC)OC(=O)CC(C)CCCCCCC(C)CC(=O)OC(C)Oc1c(C/C=C(\C)CCC(=O)OC)c(OC)c(C)c2c1C(=O)OC2. The highest BCUT2D eigenvalue weighted by Crippen LogP contribution is 2.43. The maximum atomic E-state index is 13.2. The van der Waals surface area contributed by atoms with Gasteiger partial charge >= 0.3 is 35.8 Å². The molecule has 1 aromatic rings. The summed E-state index contributed by atoms with van der Waals surface area (Å²) in [4.78, 5) is 76.8. The molecule has 1 aliphatic heterocycles. The number of carbonyl (C=O) groups excluding carboxylic acids is 6. The molecule has 3 atom stereocenters. The lowest BCUT2D eigenvalue weighted by Crippen LogP contribution is -2.31. The van der Waals surface area contributed by atoms with E-state index in [1.807, 2.05) is 33.8 Å². The van der Waals surface area contributed by atoms with Crippen LogP contribution in [0.5, 0.6) is 11.5 Å². The van der Waals surface area contributed by atoms with Crippen LogP contribution in [0.2, 0.25) is 0 Å². The van der Waals surface area contributed by atoms with E-state index in [4.69, 9.17) is 37.9 Å². The Bertz CT molecular complexity index is 1950. The second-order valence-corrected chi connectivity index (χ2v) is 24.0. The van der Waals surface area contributed by atoms with Gasteiger partial charge in [0, 0.05) is 50.2 Å². The molecule has 3 unspecified atom stereocenters. The third kappa shape index (κ3) is 35.4. The zero-order valence-electron chi connectivity index (χ0n) is 53.8. The number of esters is 6. The number of hydrogen-bond donors (Lipinski definition) is 0. The monoisotopic (exact) mass is 1170 g/mol. The molecule has 0 spiro atoms. The van der Waals surface area contributed by atoms with Gasteiger partial charge < -0.3 is 37.9 Å². The molecule has 0 amide bonds. The number of benzene rings is 1. The average molecular weight is 1170 g/mol. The normalized spacial score (nSPS) is 13.3. The summed E-state index contributed by atoms with van der Waals surface area (Å²) in [6.45, 7) is 13.8. The Hall–Kier alpha value is -4.62. The smallest absolute Gasteiger partial charge is 0.342 e. The Balaban J connectivity index is 1.79. The lowest BCUT2D eigenvalue weighted by Gasteiger charge is -2.23. The van der Waals surface area contributed by atoms with Crippen molar-refractivity contribution < 1.29 is 66.7 Å². The third-order valence-corrected chi connectivity index (χ3v) is 16.1. The van der Waals surface area contributed by atoms with Crippen LogP contribution in [-0.2, 0) is 65.4 Å². The number of ether oxygens (including phenoxy) is 8. The minimum absolute atomic E-state index is 0.0691. The van der Waals surface area contributed by atoms with E-state index in [0.717, 1.165) is 88.2 Å². The molecule has 14 heteroatoms. The number of cyclic esters (lactones) is 1. The molecule has 0 bridgehead atoms. The molecule has 1 aromatic carbocycles. The fourth-order valence-electron chi connectivity index (χ4n) is 10.9. The molecule has 0 radical (unpaired) electrons. The van der Waals surface area contributed by atoms with E-state index in [9.17, 15) is 28.8 Å². The Morgan fingerprint density at radius 2 is 0.940 bits per heavy atom. The van der Waals surface area contributed by atoms with Crippen LogP contribution in [-0.4, -0.2) is 75.6 Å². The standard InChI is InChI=1S/C69H116O14/c1-10-12-14-16-18-20-22-24-26-28-30-32-38-42-62(71)78-50-58(51-79-63(72)43-39-33-31-29-27-25-23-21-19-17-15-13-11-2)83-65(74)49-55(5)41-37-35-34-36-40-54(4)48-64(73)81-57(7)82-68-59(46-44-53(3)45-47-61(70)76-8)67(77-9)56(6)60-52-80-69(75)66(60)68/h44,54-55,57-58H,10-43,45-52H2,1-9H3/b53-44+. The number of hydrogen-bond acceptors (Lipinski definition) is 14. The van der Waals surface area contributed by atoms with Crippen LogP contribution in [0.3, 0.4) is 0 Å². The van der Waals surface area contributed by atoms with E-state index in [1.54, 1.807) is 14.0 Å². The van der Waals surface area contributed by atoms with E-state index < -0.39 is 30.3 Å². The first kappa shape index (κ1) is 74.5. The molecule has 1 heterocycles. The van der Waals surface area contributed by atoms with Crippen molar-refractivity contribution in [3.8, 4) is 11.5 Å². The van der Waals surface area contributed by atoms with Gasteiger partial charge in [-0.2, -0.15) is 0 Å². The van der Waals surface area contributed by atoms with Gasteiger partial charge in [-0.15, -0.1) is 0 Å². The number of allylic oxidation sites excluding steroid dienone is 2. The lowest BCUT2D eigenvalue weighted by molar-refractivity contribution is -0.167. The summed E-state index contributed by atoms with van der Waals surface area (Å²) in [5.74, 6) is -1.32. The van der Waals surface area contributed by atoms with Crippen LogP contribution in [0.15, 0.2) is 11.6 Å². The van der Waals surface area contributed by atoms with Gasteiger partial charge in [-0.25, -0.2) is 4.79 Å². The topological polar surface area (TPSA) is 176 Å². The summed E-state index contributed by atoms with van der Waals surface area (Å²) in [7, 11) is 2.92. The first-order chi connectivity index (χ1) is 40.1. The number of rotatable bonds is 53. The van der Waals surface area contributed by atoms with Crippen LogP contribution < -0.4 is 9.47 Å². The molecule has 0 aromatic heterocycles. The molecule has 476 valence electrons. The summed E-state index contributed by atoms with van der Waals surface area (Å²) in [6.07, 6.45) is 39.5. The quantitative estimate of drug-likeness (QED) is 0.0198. The van der Waals surface area contributed by atoms with Crippen molar-refractivity contribution in [2.24, 2.45) is 11.8 Å². The second kappa shape index (κ2) is 47.6. The van der Waals surface area contributed by atoms with Crippen LogP contribution >= 0.6 is 0 Å². The van der Waals surface area contributed by atoms with Crippen molar-refractivity contribution in [2.75, 3.05) is 27.4 Å². The predicted octanol–water partition coefficient (Wildman–Crippen LogP) is 17.7. The van der Waals surface area contributed by atoms with Crippen LogP contribution in [0.25, 0.3) is 0 Å². The fraction of sp³-hybridized carbons (Fsp3) is 0.797. The zero-order chi connectivity index (χ0) is 60.9. The fourth-order valence-corrected chi connectivity index (χ4v) is 10.9. The van der Waals surface area contributed by atoms with Gasteiger partial charge in [0.05, 0.1) is 14.2 Å². The van der Waals surface area contributed by atoms with Crippen LogP contribution in [0, 0.1) is 18.8 Å². The molecular weight excluding hydrogens is 1050 g/mol. The Morgan fingerprint density at radius 3 is 1.37 bits per heavy atom. The maximum Gasteiger partial charge on any atom is 0.342 e. The lowest BCUT2D eigenvalue weighted by atomic mass is 9.94. The highest BCUT2D eigenvalue weighted by molar-refractivity contribution is 5.98. The third-order valence-electron chi connectivity index (χ3n) is 16.1. The van der Waals surface area contributed by atoms with Crippen molar-refractivity contribution in [1.29, 1.82) is 0 Å². The first-order valence-electron chi connectivity index (χ1n) is 33.1. The Labute approximate surface area is 503 Å². The number of methoxy groups -OCH3 is 2. The first-order valence-corrected chi connectivity index (χ1v) is 33.1. The number of fused-ring (bicyclic) bond motifs is 1. The van der Waals surface area contributed by atoms with Crippen molar-refractivity contribution in [3.63, 3.8) is 0 Å². The Morgan fingerprint density at radius 1 is 0.518 bits per heavy atom. The van der Waals surface area contributed by atoms with Gasteiger partial charge in [0.1, 0.15) is 36.9 Å². The van der Waals surface area contributed by atoms with Gasteiger partial charge in [-0.05, 0) is 56.9 Å². The molecular formula is C69H116O14.